The fourth-order valence-electron chi connectivity index (χ4n) is 1.63. The molecule has 0 atom stereocenters. The summed E-state index contributed by atoms with van der Waals surface area (Å²) in [4.78, 5) is 11.6. The second-order valence-corrected chi connectivity index (χ2v) is 4.58. The number of carbonyl (C=O) groups is 1. The number of carbonyl (C=O) groups excluding carboxylic acids is 1. The number of nitrogens with one attached hydrogen (secondary N) is 2. The molecule has 3 nitrogen and oxygen atoms in total. The highest BCUT2D eigenvalue weighted by atomic mass is 35.5. The Morgan fingerprint density at radius 2 is 1.37 bits per heavy atom. The summed E-state index contributed by atoms with van der Waals surface area (Å²) in [5.41, 5.74) is 2.09. The first-order valence-corrected chi connectivity index (χ1v) is 6.42. The smallest absolute Gasteiger partial charge is 0.315 e. The van der Waals surface area contributed by atoms with Crippen molar-refractivity contribution in [2.45, 2.75) is 13.1 Å². The zero-order valence-corrected chi connectivity index (χ0v) is 11.2. The first kappa shape index (κ1) is 13.4. The second-order valence-electron chi connectivity index (χ2n) is 4.15. The van der Waals surface area contributed by atoms with E-state index in [4.69, 9.17) is 11.6 Å². The van der Waals surface area contributed by atoms with Crippen molar-refractivity contribution in [2.75, 3.05) is 0 Å². The fraction of sp³-hybridized carbons (Fsp3) is 0.133. The zero-order chi connectivity index (χ0) is 13.5. The van der Waals surface area contributed by atoms with Gasteiger partial charge in [-0.15, -0.1) is 0 Å². The summed E-state index contributed by atoms with van der Waals surface area (Å²) in [5.74, 6) is 0. The van der Waals surface area contributed by atoms with Gasteiger partial charge in [0, 0.05) is 18.1 Å². The minimum Gasteiger partial charge on any atom is -0.334 e. The van der Waals surface area contributed by atoms with Gasteiger partial charge < -0.3 is 10.6 Å². The van der Waals surface area contributed by atoms with E-state index < -0.39 is 0 Å². The van der Waals surface area contributed by atoms with Gasteiger partial charge in [0.25, 0.3) is 0 Å². The third kappa shape index (κ3) is 4.64. The molecule has 0 radical (unpaired) electrons. The maximum Gasteiger partial charge on any atom is 0.315 e. The van der Waals surface area contributed by atoms with Crippen molar-refractivity contribution in [3.63, 3.8) is 0 Å². The van der Waals surface area contributed by atoms with Crippen LogP contribution in [0.5, 0.6) is 0 Å². The van der Waals surface area contributed by atoms with Crippen molar-refractivity contribution in [3.05, 3.63) is 70.7 Å². The average molecular weight is 275 g/mol. The van der Waals surface area contributed by atoms with E-state index in [2.05, 4.69) is 10.6 Å². The summed E-state index contributed by atoms with van der Waals surface area (Å²) in [6.07, 6.45) is 0. The highest BCUT2D eigenvalue weighted by molar-refractivity contribution is 6.30. The van der Waals surface area contributed by atoms with Crippen molar-refractivity contribution < 1.29 is 4.79 Å². The maximum atomic E-state index is 11.6. The molecule has 0 bridgehead atoms. The molecule has 0 heterocycles. The largest absolute Gasteiger partial charge is 0.334 e. The van der Waals surface area contributed by atoms with Crippen LogP contribution in [0.2, 0.25) is 5.02 Å². The van der Waals surface area contributed by atoms with Gasteiger partial charge in [0.15, 0.2) is 0 Å². The fourth-order valence-corrected chi connectivity index (χ4v) is 1.75. The van der Waals surface area contributed by atoms with Gasteiger partial charge in [-0.25, -0.2) is 4.79 Å². The maximum absolute atomic E-state index is 11.6. The van der Waals surface area contributed by atoms with Gasteiger partial charge in [-0.05, 0) is 23.3 Å². The van der Waals surface area contributed by atoms with E-state index in [0.717, 1.165) is 11.1 Å². The Kier molecular flexibility index (Phi) is 4.81. The summed E-state index contributed by atoms with van der Waals surface area (Å²) >= 11 is 5.79. The molecule has 0 unspecified atom stereocenters. The van der Waals surface area contributed by atoms with Crippen molar-refractivity contribution in [1.82, 2.24) is 10.6 Å². The quantitative estimate of drug-likeness (QED) is 0.882. The van der Waals surface area contributed by atoms with Gasteiger partial charge in [-0.3, -0.25) is 0 Å². The van der Waals surface area contributed by atoms with Crippen LogP contribution in [-0.4, -0.2) is 6.03 Å². The molecule has 2 N–H and O–H groups in total. The Morgan fingerprint density at radius 3 is 1.95 bits per heavy atom. The van der Waals surface area contributed by atoms with Crippen molar-refractivity contribution in [3.8, 4) is 0 Å². The lowest BCUT2D eigenvalue weighted by Crippen LogP contribution is -2.34. The number of hydrogen-bond donors (Lipinski definition) is 2. The van der Waals surface area contributed by atoms with Crippen LogP contribution in [0.4, 0.5) is 4.79 Å². The van der Waals surface area contributed by atoms with Crippen LogP contribution in [0.3, 0.4) is 0 Å². The predicted octanol–water partition coefficient (Wildman–Crippen LogP) is 3.34. The lowest BCUT2D eigenvalue weighted by atomic mass is 10.2. The van der Waals surface area contributed by atoms with Crippen molar-refractivity contribution >= 4 is 17.6 Å². The molecule has 98 valence electrons. The van der Waals surface area contributed by atoms with E-state index in [1.165, 1.54) is 0 Å². The van der Waals surface area contributed by atoms with E-state index in [-0.39, 0.29) is 6.03 Å². The average Bonchev–Trinajstić information content (AvgIpc) is 2.45. The molecule has 0 aromatic heterocycles. The van der Waals surface area contributed by atoms with E-state index in [0.29, 0.717) is 18.1 Å². The topological polar surface area (TPSA) is 41.1 Å². The van der Waals surface area contributed by atoms with Gasteiger partial charge in [0.2, 0.25) is 0 Å². The minimum absolute atomic E-state index is 0.182. The van der Waals surface area contributed by atoms with Crippen LogP contribution in [0, 0.1) is 0 Å². The molecular weight excluding hydrogens is 260 g/mol. The van der Waals surface area contributed by atoms with Gasteiger partial charge in [-0.2, -0.15) is 0 Å². The van der Waals surface area contributed by atoms with Gasteiger partial charge in [0.05, 0.1) is 0 Å². The van der Waals surface area contributed by atoms with Crippen molar-refractivity contribution in [1.29, 1.82) is 0 Å². The Hall–Kier alpha value is -2.00. The molecule has 0 aliphatic carbocycles. The van der Waals surface area contributed by atoms with E-state index >= 15 is 0 Å². The van der Waals surface area contributed by atoms with Crippen LogP contribution in [0.15, 0.2) is 54.6 Å². The number of urea groups is 1. The summed E-state index contributed by atoms with van der Waals surface area (Å²) in [6.45, 7) is 1.01. The van der Waals surface area contributed by atoms with E-state index in [9.17, 15) is 4.79 Å². The summed E-state index contributed by atoms with van der Waals surface area (Å²) in [7, 11) is 0. The number of halogens is 1. The molecule has 0 saturated heterocycles. The molecule has 0 saturated carbocycles. The van der Waals surface area contributed by atoms with Gasteiger partial charge >= 0.3 is 6.03 Å². The van der Waals surface area contributed by atoms with Crippen LogP contribution >= 0.6 is 11.6 Å². The van der Waals surface area contributed by atoms with E-state index in [1.807, 2.05) is 42.5 Å². The Labute approximate surface area is 117 Å². The molecule has 0 aliphatic heterocycles. The highest BCUT2D eigenvalue weighted by Gasteiger charge is 2.00. The van der Waals surface area contributed by atoms with Crippen LogP contribution < -0.4 is 10.6 Å². The molecule has 0 aliphatic rings. The molecule has 2 aromatic rings. The minimum atomic E-state index is -0.182. The highest BCUT2D eigenvalue weighted by Crippen LogP contribution is 2.09. The number of hydrogen-bond acceptors (Lipinski definition) is 1. The second kappa shape index (κ2) is 6.81. The molecule has 0 spiro atoms. The van der Waals surface area contributed by atoms with Gasteiger partial charge in [0.1, 0.15) is 0 Å². The third-order valence-electron chi connectivity index (χ3n) is 2.66. The summed E-state index contributed by atoms with van der Waals surface area (Å²) < 4.78 is 0. The monoisotopic (exact) mass is 274 g/mol. The molecule has 4 heteroatoms. The van der Waals surface area contributed by atoms with E-state index in [1.54, 1.807) is 12.1 Å². The van der Waals surface area contributed by atoms with Crippen LogP contribution in [0.1, 0.15) is 11.1 Å². The van der Waals surface area contributed by atoms with Crippen molar-refractivity contribution in [2.24, 2.45) is 0 Å². The number of amides is 2. The lowest BCUT2D eigenvalue weighted by molar-refractivity contribution is 0.240. The molecule has 0 fully saturated rings. The predicted molar refractivity (Wildman–Crippen MR) is 77.0 cm³/mol. The Bertz CT molecular complexity index is 526. The molecule has 2 aromatic carbocycles. The molecule has 2 amide bonds. The first-order chi connectivity index (χ1) is 9.24. The van der Waals surface area contributed by atoms with Crippen LogP contribution in [-0.2, 0) is 13.1 Å². The third-order valence-corrected chi connectivity index (χ3v) is 2.91. The lowest BCUT2D eigenvalue weighted by Gasteiger charge is -2.07. The first-order valence-electron chi connectivity index (χ1n) is 6.04. The normalized spacial score (nSPS) is 9.95. The molecule has 2 rings (SSSR count). The number of rotatable bonds is 4. The SMILES string of the molecule is O=C(NCc1ccccc1)NCc1ccc(Cl)cc1. The Morgan fingerprint density at radius 1 is 0.842 bits per heavy atom. The number of benzene rings is 2. The Balaban J connectivity index is 1.74. The van der Waals surface area contributed by atoms with Crippen LogP contribution in [0.25, 0.3) is 0 Å². The molecular formula is C15H15ClN2O. The zero-order valence-electron chi connectivity index (χ0n) is 10.4. The van der Waals surface area contributed by atoms with Gasteiger partial charge in [-0.1, -0.05) is 54.1 Å². The summed E-state index contributed by atoms with van der Waals surface area (Å²) in [6, 6.07) is 17.0. The summed E-state index contributed by atoms with van der Waals surface area (Å²) in [5, 5.41) is 6.29. The standard InChI is InChI=1S/C15H15ClN2O/c16-14-8-6-13(7-9-14)11-18-15(19)17-10-12-4-2-1-3-5-12/h1-9H,10-11H2,(H2,17,18,19). The molecule has 19 heavy (non-hydrogen) atoms.